The van der Waals surface area contributed by atoms with Crippen LogP contribution in [-0.4, -0.2) is 17.5 Å². The predicted molar refractivity (Wildman–Crippen MR) is 68.0 cm³/mol. The van der Waals surface area contributed by atoms with Crippen LogP contribution in [0.1, 0.15) is 20.8 Å². The second-order valence-corrected chi connectivity index (χ2v) is 5.43. The average molecular weight is 271 g/mol. The number of benzene rings is 1. The number of ether oxygens (including phenoxy) is 1. The highest BCUT2D eigenvalue weighted by Gasteiger charge is 2.15. The third kappa shape index (κ3) is 3.88. The summed E-state index contributed by atoms with van der Waals surface area (Å²) in [6.45, 7) is 7.29. The predicted octanol–water partition coefficient (Wildman–Crippen LogP) is 2.45. The first-order valence-electron chi connectivity index (χ1n) is 4.96. The van der Waals surface area contributed by atoms with Crippen molar-refractivity contribution in [2.45, 2.75) is 33.2 Å². The van der Waals surface area contributed by atoms with Gasteiger partial charge in [0.15, 0.2) is 0 Å². The van der Waals surface area contributed by atoms with Gasteiger partial charge in [-0.1, -0.05) is 12.9 Å². The quantitative estimate of drug-likeness (QED) is 0.837. The van der Waals surface area contributed by atoms with Crippen LogP contribution in [0.3, 0.4) is 0 Å². The molecule has 0 aromatic heterocycles. The van der Waals surface area contributed by atoms with E-state index in [4.69, 9.17) is 4.74 Å². The summed E-state index contributed by atoms with van der Waals surface area (Å²) in [5.41, 5.74) is 0.664. The Bertz CT molecular complexity index is 345. The van der Waals surface area contributed by atoms with Gasteiger partial charge in [0, 0.05) is 0 Å². The van der Waals surface area contributed by atoms with Gasteiger partial charge in [0.1, 0.15) is 11.4 Å². The van der Waals surface area contributed by atoms with Crippen molar-refractivity contribution in [3.05, 3.63) is 22.7 Å². The molecular formula is C11H16BBrO2. The Morgan fingerprint density at radius 3 is 2.33 bits per heavy atom. The number of halogens is 1. The number of hydrogen-bond donors (Lipinski definition) is 1. The van der Waals surface area contributed by atoms with Crippen molar-refractivity contribution >= 4 is 28.3 Å². The van der Waals surface area contributed by atoms with Crippen molar-refractivity contribution in [3.8, 4) is 5.75 Å². The van der Waals surface area contributed by atoms with Crippen molar-refractivity contribution in [2.75, 3.05) is 0 Å². The first-order valence-corrected chi connectivity index (χ1v) is 5.75. The molecule has 1 aromatic carbocycles. The summed E-state index contributed by atoms with van der Waals surface area (Å²) in [5, 5.41) is 9.41. The summed E-state index contributed by atoms with van der Waals surface area (Å²) in [5.74, 6) is 0.798. The molecule has 0 bridgehead atoms. The average Bonchev–Trinajstić information content (AvgIpc) is 2.05. The van der Waals surface area contributed by atoms with E-state index in [2.05, 4.69) is 15.9 Å². The smallest absolute Gasteiger partial charge is 0.320 e. The van der Waals surface area contributed by atoms with Gasteiger partial charge in [0.05, 0.1) is 4.47 Å². The molecule has 82 valence electrons. The van der Waals surface area contributed by atoms with E-state index in [0.717, 1.165) is 15.7 Å². The third-order valence-electron chi connectivity index (χ3n) is 1.85. The van der Waals surface area contributed by atoms with Crippen molar-refractivity contribution in [2.24, 2.45) is 0 Å². The van der Waals surface area contributed by atoms with Gasteiger partial charge in [-0.2, -0.15) is 0 Å². The molecule has 0 aliphatic rings. The van der Waals surface area contributed by atoms with E-state index in [1.165, 1.54) is 0 Å². The SMILES string of the molecule is CB(O)c1ccc(OC(C)(C)C)c(Br)c1. The maximum absolute atomic E-state index is 9.41. The standard InChI is InChI=1S/C11H16BBrO2/c1-11(2,3)15-10-6-5-8(12(4)14)7-9(10)13/h5-7,14H,1-4H3. The molecule has 0 spiro atoms. The Hall–Kier alpha value is -0.475. The Morgan fingerprint density at radius 1 is 1.33 bits per heavy atom. The second-order valence-electron chi connectivity index (χ2n) is 4.58. The molecule has 0 atom stereocenters. The molecule has 15 heavy (non-hydrogen) atoms. The zero-order chi connectivity index (χ0) is 11.6. The summed E-state index contributed by atoms with van der Waals surface area (Å²) in [6, 6.07) is 5.62. The minimum atomic E-state index is -0.454. The lowest BCUT2D eigenvalue weighted by molar-refractivity contribution is 0.130. The van der Waals surface area contributed by atoms with E-state index in [-0.39, 0.29) is 5.60 Å². The molecule has 1 aromatic rings. The summed E-state index contributed by atoms with van der Waals surface area (Å²) >= 11 is 3.43. The van der Waals surface area contributed by atoms with Crippen LogP contribution in [0.5, 0.6) is 5.75 Å². The van der Waals surface area contributed by atoms with E-state index in [1.54, 1.807) is 6.82 Å². The third-order valence-corrected chi connectivity index (χ3v) is 2.47. The van der Waals surface area contributed by atoms with Crippen LogP contribution >= 0.6 is 15.9 Å². The molecule has 0 radical (unpaired) electrons. The van der Waals surface area contributed by atoms with Gasteiger partial charge < -0.3 is 9.76 Å². The molecule has 1 rings (SSSR count). The molecular weight excluding hydrogens is 255 g/mol. The maximum atomic E-state index is 9.41. The van der Waals surface area contributed by atoms with Crippen molar-refractivity contribution in [1.29, 1.82) is 0 Å². The monoisotopic (exact) mass is 270 g/mol. The van der Waals surface area contributed by atoms with Gasteiger partial charge in [0.2, 0.25) is 0 Å². The van der Waals surface area contributed by atoms with E-state index in [1.807, 2.05) is 39.0 Å². The summed E-state index contributed by atoms with van der Waals surface area (Å²) in [6.07, 6.45) is 0. The Balaban J connectivity index is 2.94. The van der Waals surface area contributed by atoms with Crippen LogP contribution < -0.4 is 10.2 Å². The first kappa shape index (κ1) is 12.6. The minimum absolute atomic E-state index is 0.213. The van der Waals surface area contributed by atoms with Crippen molar-refractivity contribution in [1.82, 2.24) is 0 Å². The van der Waals surface area contributed by atoms with E-state index in [9.17, 15) is 5.02 Å². The maximum Gasteiger partial charge on any atom is 0.320 e. The Kier molecular flexibility index (Phi) is 3.84. The van der Waals surface area contributed by atoms with Crippen molar-refractivity contribution < 1.29 is 9.76 Å². The molecule has 0 unspecified atom stereocenters. The molecule has 0 aliphatic carbocycles. The fraction of sp³-hybridized carbons (Fsp3) is 0.455. The number of rotatable bonds is 2. The lowest BCUT2D eigenvalue weighted by Gasteiger charge is -2.22. The molecule has 1 N–H and O–H groups in total. The zero-order valence-corrected chi connectivity index (χ0v) is 11.1. The lowest BCUT2D eigenvalue weighted by atomic mass is 9.64. The van der Waals surface area contributed by atoms with Gasteiger partial charge in [-0.3, -0.25) is 0 Å². The molecule has 0 fully saturated rings. The van der Waals surface area contributed by atoms with Gasteiger partial charge in [0.25, 0.3) is 0 Å². The molecule has 0 heterocycles. The second kappa shape index (κ2) is 4.58. The molecule has 2 nitrogen and oxygen atoms in total. The van der Waals surface area contributed by atoms with E-state index in [0.29, 0.717) is 0 Å². The molecule has 0 aliphatic heterocycles. The highest BCUT2D eigenvalue weighted by Crippen LogP contribution is 2.26. The fourth-order valence-electron chi connectivity index (χ4n) is 1.19. The van der Waals surface area contributed by atoms with Crippen LogP contribution in [0, 0.1) is 0 Å². The van der Waals surface area contributed by atoms with Gasteiger partial charge in [-0.15, -0.1) is 0 Å². The minimum Gasteiger partial charge on any atom is -0.487 e. The summed E-state index contributed by atoms with van der Waals surface area (Å²) < 4.78 is 6.61. The zero-order valence-electron chi connectivity index (χ0n) is 9.54. The van der Waals surface area contributed by atoms with E-state index < -0.39 is 6.92 Å². The van der Waals surface area contributed by atoms with Crippen LogP contribution in [0.25, 0.3) is 0 Å². The lowest BCUT2D eigenvalue weighted by Crippen LogP contribution is -2.27. The van der Waals surface area contributed by atoms with Gasteiger partial charge in [-0.05, 0) is 54.3 Å². The summed E-state index contributed by atoms with van der Waals surface area (Å²) in [7, 11) is 0. The highest BCUT2D eigenvalue weighted by molar-refractivity contribution is 9.10. The first-order chi connectivity index (χ1) is 6.79. The normalized spacial score (nSPS) is 11.3. The van der Waals surface area contributed by atoms with Crippen LogP contribution in [0.4, 0.5) is 0 Å². The molecule has 0 saturated carbocycles. The van der Waals surface area contributed by atoms with Crippen molar-refractivity contribution in [3.63, 3.8) is 0 Å². The van der Waals surface area contributed by atoms with Crippen LogP contribution in [0.15, 0.2) is 22.7 Å². The Labute approximate surface area is 99.9 Å². The number of hydrogen-bond acceptors (Lipinski definition) is 2. The molecule has 0 saturated heterocycles. The molecule has 0 amide bonds. The van der Waals surface area contributed by atoms with E-state index >= 15 is 0 Å². The largest absolute Gasteiger partial charge is 0.487 e. The summed E-state index contributed by atoms with van der Waals surface area (Å²) in [4.78, 5) is 0. The van der Waals surface area contributed by atoms with Gasteiger partial charge in [-0.25, -0.2) is 0 Å². The molecule has 4 heteroatoms. The van der Waals surface area contributed by atoms with Crippen LogP contribution in [-0.2, 0) is 0 Å². The highest BCUT2D eigenvalue weighted by atomic mass is 79.9. The van der Waals surface area contributed by atoms with Gasteiger partial charge >= 0.3 is 6.92 Å². The van der Waals surface area contributed by atoms with Crippen LogP contribution in [0.2, 0.25) is 6.82 Å². The fourth-order valence-corrected chi connectivity index (χ4v) is 1.67. The topological polar surface area (TPSA) is 29.5 Å². The Morgan fingerprint density at radius 2 is 1.93 bits per heavy atom.